The summed E-state index contributed by atoms with van der Waals surface area (Å²) >= 11 is 0. The number of aryl methyl sites for hydroxylation is 2. The molecule has 5 heteroatoms. The molecule has 0 unspecified atom stereocenters. The first-order valence-electron chi connectivity index (χ1n) is 7.82. The lowest BCUT2D eigenvalue weighted by molar-refractivity contribution is 0.185. The molecule has 0 bridgehead atoms. The molecule has 0 aromatic carbocycles. The highest BCUT2D eigenvalue weighted by Crippen LogP contribution is 2.23. The molecule has 3 rings (SSSR count). The molecule has 0 spiro atoms. The van der Waals surface area contributed by atoms with Crippen molar-refractivity contribution in [3.8, 4) is 0 Å². The average molecular weight is 298 g/mol. The van der Waals surface area contributed by atoms with Crippen molar-refractivity contribution in [1.29, 1.82) is 0 Å². The minimum atomic E-state index is 0.285. The maximum absolute atomic E-state index is 5.70. The van der Waals surface area contributed by atoms with Crippen molar-refractivity contribution in [1.82, 2.24) is 15.0 Å². The van der Waals surface area contributed by atoms with E-state index in [-0.39, 0.29) is 6.04 Å². The van der Waals surface area contributed by atoms with Gasteiger partial charge in [0.1, 0.15) is 11.6 Å². The normalized spacial score (nSPS) is 21.0. The SMILES string of the molecule is CCc1cnc(C)nc1N[C@@H]1COC[C@H]1Cc1ccncc1. The molecule has 1 N–H and O–H groups in total. The molecule has 1 aliphatic heterocycles. The molecule has 3 heterocycles. The minimum Gasteiger partial charge on any atom is -0.379 e. The van der Waals surface area contributed by atoms with Gasteiger partial charge in [0.2, 0.25) is 0 Å². The average Bonchev–Trinajstić information content (AvgIpc) is 2.96. The van der Waals surface area contributed by atoms with Crippen molar-refractivity contribution in [2.75, 3.05) is 18.5 Å². The van der Waals surface area contributed by atoms with Gasteiger partial charge in [0.05, 0.1) is 19.3 Å². The fourth-order valence-corrected chi connectivity index (χ4v) is 2.84. The smallest absolute Gasteiger partial charge is 0.133 e. The van der Waals surface area contributed by atoms with Crippen LogP contribution in [-0.2, 0) is 17.6 Å². The predicted molar refractivity (Wildman–Crippen MR) is 85.8 cm³/mol. The van der Waals surface area contributed by atoms with Crippen molar-refractivity contribution in [2.45, 2.75) is 32.7 Å². The van der Waals surface area contributed by atoms with Gasteiger partial charge in [-0.15, -0.1) is 0 Å². The zero-order valence-corrected chi connectivity index (χ0v) is 13.1. The van der Waals surface area contributed by atoms with E-state index in [1.54, 1.807) is 0 Å². The van der Waals surface area contributed by atoms with Gasteiger partial charge in [0.15, 0.2) is 0 Å². The number of nitrogens with one attached hydrogen (secondary N) is 1. The summed E-state index contributed by atoms with van der Waals surface area (Å²) in [5.41, 5.74) is 2.45. The van der Waals surface area contributed by atoms with E-state index < -0.39 is 0 Å². The summed E-state index contributed by atoms with van der Waals surface area (Å²) in [7, 11) is 0. The second-order valence-corrected chi connectivity index (χ2v) is 5.75. The quantitative estimate of drug-likeness (QED) is 0.918. The Balaban J connectivity index is 1.72. The number of nitrogens with zero attached hydrogens (tertiary/aromatic N) is 3. The predicted octanol–water partition coefficient (Wildman–Crippen LogP) is 2.41. The van der Waals surface area contributed by atoms with Crippen molar-refractivity contribution >= 4 is 5.82 Å². The number of anilines is 1. The lowest BCUT2D eigenvalue weighted by Crippen LogP contribution is -2.30. The Morgan fingerprint density at radius 2 is 2.09 bits per heavy atom. The van der Waals surface area contributed by atoms with E-state index in [0.717, 1.165) is 43.3 Å². The molecule has 1 saturated heterocycles. The molecule has 2 atom stereocenters. The number of rotatable bonds is 5. The first kappa shape index (κ1) is 14.9. The van der Waals surface area contributed by atoms with E-state index in [1.807, 2.05) is 25.5 Å². The van der Waals surface area contributed by atoms with Crippen molar-refractivity contribution < 1.29 is 4.74 Å². The van der Waals surface area contributed by atoms with Crippen LogP contribution < -0.4 is 5.32 Å². The van der Waals surface area contributed by atoms with Crippen LogP contribution in [0.3, 0.4) is 0 Å². The van der Waals surface area contributed by atoms with Crippen LogP contribution in [0.2, 0.25) is 0 Å². The third kappa shape index (κ3) is 3.42. The van der Waals surface area contributed by atoms with Crippen molar-refractivity contribution in [3.63, 3.8) is 0 Å². The fraction of sp³-hybridized carbons (Fsp3) is 0.471. The zero-order valence-electron chi connectivity index (χ0n) is 13.1. The third-order valence-corrected chi connectivity index (χ3v) is 4.13. The van der Waals surface area contributed by atoms with Gasteiger partial charge in [0, 0.05) is 30.1 Å². The second kappa shape index (κ2) is 6.83. The fourth-order valence-electron chi connectivity index (χ4n) is 2.84. The molecule has 0 saturated carbocycles. The number of hydrogen-bond donors (Lipinski definition) is 1. The number of ether oxygens (including phenoxy) is 1. The van der Waals surface area contributed by atoms with Gasteiger partial charge >= 0.3 is 0 Å². The van der Waals surface area contributed by atoms with Gasteiger partial charge in [0.25, 0.3) is 0 Å². The molecule has 0 radical (unpaired) electrons. The Hall–Kier alpha value is -2.01. The van der Waals surface area contributed by atoms with Gasteiger partial charge < -0.3 is 10.1 Å². The molecule has 1 aliphatic rings. The lowest BCUT2D eigenvalue weighted by Gasteiger charge is -2.21. The van der Waals surface area contributed by atoms with Gasteiger partial charge in [-0.05, 0) is 37.5 Å². The first-order valence-corrected chi connectivity index (χ1v) is 7.82. The summed E-state index contributed by atoms with van der Waals surface area (Å²) < 4.78 is 5.70. The van der Waals surface area contributed by atoms with E-state index in [1.165, 1.54) is 5.56 Å². The molecule has 5 nitrogen and oxygen atoms in total. The Labute approximate surface area is 131 Å². The number of aromatic nitrogens is 3. The van der Waals surface area contributed by atoms with Crippen molar-refractivity contribution in [2.24, 2.45) is 5.92 Å². The molecular weight excluding hydrogens is 276 g/mol. The van der Waals surface area contributed by atoms with Gasteiger partial charge in [-0.25, -0.2) is 9.97 Å². The highest BCUT2D eigenvalue weighted by Gasteiger charge is 2.29. The molecule has 116 valence electrons. The van der Waals surface area contributed by atoms with E-state index in [2.05, 4.69) is 39.3 Å². The molecule has 22 heavy (non-hydrogen) atoms. The molecule has 2 aromatic heterocycles. The Bertz CT molecular complexity index is 617. The highest BCUT2D eigenvalue weighted by molar-refractivity contribution is 5.44. The third-order valence-electron chi connectivity index (χ3n) is 4.13. The minimum absolute atomic E-state index is 0.285. The number of pyridine rings is 1. The zero-order chi connectivity index (χ0) is 15.4. The highest BCUT2D eigenvalue weighted by atomic mass is 16.5. The summed E-state index contributed by atoms with van der Waals surface area (Å²) in [5, 5.41) is 3.58. The Morgan fingerprint density at radius 3 is 2.86 bits per heavy atom. The van der Waals surface area contributed by atoms with Crippen LogP contribution in [0, 0.1) is 12.8 Å². The van der Waals surface area contributed by atoms with E-state index in [4.69, 9.17) is 4.74 Å². The molecule has 1 fully saturated rings. The monoisotopic (exact) mass is 298 g/mol. The molecule has 2 aromatic rings. The summed E-state index contributed by atoms with van der Waals surface area (Å²) in [6.07, 6.45) is 7.52. The molecule has 0 aliphatic carbocycles. The summed E-state index contributed by atoms with van der Waals surface area (Å²) in [5.74, 6) is 2.19. The largest absolute Gasteiger partial charge is 0.379 e. The maximum atomic E-state index is 5.70. The Morgan fingerprint density at radius 1 is 1.27 bits per heavy atom. The van der Waals surface area contributed by atoms with E-state index in [9.17, 15) is 0 Å². The van der Waals surface area contributed by atoms with E-state index in [0.29, 0.717) is 5.92 Å². The van der Waals surface area contributed by atoms with Gasteiger partial charge in [-0.1, -0.05) is 6.92 Å². The van der Waals surface area contributed by atoms with Crippen LogP contribution in [0.5, 0.6) is 0 Å². The summed E-state index contributed by atoms with van der Waals surface area (Å²) in [6, 6.07) is 4.43. The second-order valence-electron chi connectivity index (χ2n) is 5.75. The topological polar surface area (TPSA) is 59.9 Å². The van der Waals surface area contributed by atoms with Gasteiger partial charge in [-0.2, -0.15) is 0 Å². The maximum Gasteiger partial charge on any atom is 0.133 e. The standard InChI is InChI=1S/C17H22N4O/c1-3-14-9-19-12(2)20-17(14)21-16-11-22-10-15(16)8-13-4-6-18-7-5-13/h4-7,9,15-16H,3,8,10-11H2,1-2H3,(H,19,20,21)/t15-,16-/m1/s1. The van der Waals surface area contributed by atoms with Crippen LogP contribution in [0.4, 0.5) is 5.82 Å². The van der Waals surface area contributed by atoms with Gasteiger partial charge in [-0.3, -0.25) is 4.98 Å². The summed E-state index contributed by atoms with van der Waals surface area (Å²) in [6.45, 7) is 5.55. The van der Waals surface area contributed by atoms with Crippen LogP contribution in [0.25, 0.3) is 0 Å². The first-order chi connectivity index (χ1) is 10.8. The lowest BCUT2D eigenvalue weighted by atomic mass is 9.95. The van der Waals surface area contributed by atoms with Crippen LogP contribution in [0.15, 0.2) is 30.7 Å². The molecule has 0 amide bonds. The Kier molecular flexibility index (Phi) is 4.63. The van der Waals surface area contributed by atoms with E-state index >= 15 is 0 Å². The van der Waals surface area contributed by atoms with Crippen molar-refractivity contribution in [3.05, 3.63) is 47.7 Å². The summed E-state index contributed by atoms with van der Waals surface area (Å²) in [4.78, 5) is 12.9. The molecular formula is C17H22N4O. The van der Waals surface area contributed by atoms with Crippen LogP contribution in [-0.4, -0.2) is 34.2 Å². The van der Waals surface area contributed by atoms with Crippen LogP contribution >= 0.6 is 0 Å². The number of hydrogen-bond acceptors (Lipinski definition) is 5. The van der Waals surface area contributed by atoms with Crippen LogP contribution in [0.1, 0.15) is 23.9 Å².